The summed E-state index contributed by atoms with van der Waals surface area (Å²) >= 11 is 4.70. The third kappa shape index (κ3) is 3.91. The number of amides is 2. The van der Waals surface area contributed by atoms with Crippen molar-refractivity contribution in [3.8, 4) is 0 Å². The molecule has 0 spiro atoms. The number of hydrogen-bond acceptors (Lipinski definition) is 2. The van der Waals surface area contributed by atoms with Gasteiger partial charge < -0.3 is 10.2 Å². The van der Waals surface area contributed by atoms with Crippen molar-refractivity contribution in [1.29, 1.82) is 0 Å². The Bertz CT molecular complexity index is 569. The number of carbonyl (C=O) groups is 2. The van der Waals surface area contributed by atoms with E-state index in [1.165, 1.54) is 18.2 Å². The van der Waals surface area contributed by atoms with Gasteiger partial charge in [0.2, 0.25) is 0 Å². The van der Waals surface area contributed by atoms with Gasteiger partial charge in [0.25, 0.3) is 5.91 Å². The summed E-state index contributed by atoms with van der Waals surface area (Å²) < 4.78 is 39.0. The van der Waals surface area contributed by atoms with Crippen LogP contribution in [0.1, 0.15) is 23.2 Å². The van der Waals surface area contributed by atoms with Gasteiger partial charge in [-0.2, -0.15) is 8.78 Å². The molecule has 0 aliphatic carbocycles. The van der Waals surface area contributed by atoms with E-state index in [1.54, 1.807) is 6.07 Å². The summed E-state index contributed by atoms with van der Waals surface area (Å²) in [6, 6.07) is 5.25. The van der Waals surface area contributed by atoms with E-state index in [1.807, 2.05) is 0 Å². The number of rotatable bonds is 3. The number of likely N-dealkylation sites (tertiary alicyclic amines) is 1. The fraction of sp³-hybridized carbons (Fsp3) is 0.429. The van der Waals surface area contributed by atoms with Crippen molar-refractivity contribution in [1.82, 2.24) is 10.2 Å². The zero-order chi connectivity index (χ0) is 16.3. The second-order valence-electron chi connectivity index (χ2n) is 5.02. The molecule has 1 aliphatic rings. The third-order valence-electron chi connectivity index (χ3n) is 3.48. The average molecular weight is 335 g/mol. The van der Waals surface area contributed by atoms with Crippen molar-refractivity contribution >= 4 is 23.4 Å². The minimum absolute atomic E-state index is 0.0589. The average Bonchev–Trinajstić information content (AvgIpc) is 2.46. The van der Waals surface area contributed by atoms with Crippen LogP contribution >= 0.6 is 11.6 Å². The quantitative estimate of drug-likeness (QED) is 0.863. The molecule has 1 heterocycles. The number of carbonyl (C=O) groups excluding carboxylic acids is 2. The normalized spacial score (nSPS) is 16.5. The Hall–Kier alpha value is -1.76. The molecule has 22 heavy (non-hydrogen) atoms. The SMILES string of the molecule is O=C(NC1CCN(C(=O)C(F)(F)Cl)CC1)c1ccccc1F. The third-order valence-corrected chi connectivity index (χ3v) is 3.64. The van der Waals surface area contributed by atoms with Crippen molar-refractivity contribution in [2.75, 3.05) is 13.1 Å². The molecule has 2 amide bonds. The number of nitrogens with one attached hydrogen (secondary N) is 1. The number of alkyl halides is 3. The molecule has 1 aliphatic heterocycles. The summed E-state index contributed by atoms with van der Waals surface area (Å²) in [6.45, 7) is 0.118. The van der Waals surface area contributed by atoms with Crippen LogP contribution in [0.15, 0.2) is 24.3 Å². The van der Waals surface area contributed by atoms with E-state index < -0.39 is 23.0 Å². The van der Waals surface area contributed by atoms with Gasteiger partial charge in [-0.1, -0.05) is 12.1 Å². The Morgan fingerprint density at radius 3 is 2.36 bits per heavy atom. The monoisotopic (exact) mass is 334 g/mol. The van der Waals surface area contributed by atoms with Crippen molar-refractivity contribution < 1.29 is 22.8 Å². The molecule has 1 fully saturated rings. The van der Waals surface area contributed by atoms with Crippen LogP contribution in [0, 0.1) is 5.82 Å². The van der Waals surface area contributed by atoms with Gasteiger partial charge in [-0.15, -0.1) is 0 Å². The first-order valence-corrected chi connectivity index (χ1v) is 7.08. The zero-order valence-corrected chi connectivity index (χ0v) is 12.2. The van der Waals surface area contributed by atoms with Crippen LogP contribution < -0.4 is 5.32 Å². The largest absolute Gasteiger partial charge is 0.399 e. The van der Waals surface area contributed by atoms with Crippen LogP contribution in [0.3, 0.4) is 0 Å². The lowest BCUT2D eigenvalue weighted by atomic mass is 10.0. The molecular formula is C14H14ClF3N2O2. The summed E-state index contributed by atoms with van der Waals surface area (Å²) in [5, 5.41) is -1.28. The fourth-order valence-corrected chi connectivity index (χ4v) is 2.43. The minimum Gasteiger partial charge on any atom is -0.349 e. The molecule has 120 valence electrons. The maximum absolute atomic E-state index is 13.5. The molecule has 1 saturated heterocycles. The van der Waals surface area contributed by atoms with Gasteiger partial charge in [0.1, 0.15) is 5.82 Å². The molecule has 1 aromatic carbocycles. The first kappa shape index (κ1) is 16.6. The number of halogens is 4. The summed E-state index contributed by atoms with van der Waals surface area (Å²) in [7, 11) is 0. The lowest BCUT2D eigenvalue weighted by molar-refractivity contribution is -0.148. The van der Waals surface area contributed by atoms with Crippen LogP contribution in [0.2, 0.25) is 0 Å². The molecule has 2 rings (SSSR count). The minimum atomic E-state index is -3.91. The summed E-state index contributed by atoms with van der Waals surface area (Å²) in [5.41, 5.74) is -0.0757. The van der Waals surface area contributed by atoms with E-state index in [2.05, 4.69) is 5.32 Å². The zero-order valence-electron chi connectivity index (χ0n) is 11.5. The van der Waals surface area contributed by atoms with E-state index >= 15 is 0 Å². The fourth-order valence-electron chi connectivity index (χ4n) is 2.31. The van der Waals surface area contributed by atoms with E-state index in [-0.39, 0.29) is 24.7 Å². The summed E-state index contributed by atoms with van der Waals surface area (Å²) in [5.74, 6) is -2.63. The Labute approximate surface area is 130 Å². The van der Waals surface area contributed by atoms with Crippen molar-refractivity contribution in [3.63, 3.8) is 0 Å². The number of hydrogen-bond donors (Lipinski definition) is 1. The van der Waals surface area contributed by atoms with Crippen LogP contribution in [0.4, 0.5) is 13.2 Å². The topological polar surface area (TPSA) is 49.4 Å². The van der Waals surface area contributed by atoms with Crippen LogP contribution in [-0.2, 0) is 4.79 Å². The van der Waals surface area contributed by atoms with Crippen LogP contribution in [0.5, 0.6) is 0 Å². The molecule has 1 N–H and O–H groups in total. The summed E-state index contributed by atoms with van der Waals surface area (Å²) in [4.78, 5) is 24.2. The molecule has 4 nitrogen and oxygen atoms in total. The van der Waals surface area contributed by atoms with E-state index in [9.17, 15) is 22.8 Å². The Balaban J connectivity index is 1.89. The van der Waals surface area contributed by atoms with E-state index in [0.29, 0.717) is 12.8 Å². The molecule has 1 aromatic rings. The highest BCUT2D eigenvalue weighted by atomic mass is 35.5. The van der Waals surface area contributed by atoms with Crippen LogP contribution in [-0.4, -0.2) is 41.2 Å². The maximum Gasteiger partial charge on any atom is 0.399 e. The highest BCUT2D eigenvalue weighted by Gasteiger charge is 2.40. The maximum atomic E-state index is 13.5. The smallest absolute Gasteiger partial charge is 0.349 e. The predicted octanol–water partition coefficient (Wildman–Crippen LogP) is 2.38. The van der Waals surface area contributed by atoms with Gasteiger partial charge >= 0.3 is 11.3 Å². The lowest BCUT2D eigenvalue weighted by Gasteiger charge is -2.33. The number of nitrogens with zero attached hydrogens (tertiary/aromatic N) is 1. The molecular weight excluding hydrogens is 321 g/mol. The number of piperidine rings is 1. The van der Waals surface area contributed by atoms with Gasteiger partial charge in [0.05, 0.1) is 5.56 Å². The first-order valence-electron chi connectivity index (χ1n) is 6.70. The van der Waals surface area contributed by atoms with E-state index in [4.69, 9.17) is 11.6 Å². The van der Waals surface area contributed by atoms with E-state index in [0.717, 1.165) is 4.90 Å². The first-order chi connectivity index (χ1) is 10.3. The van der Waals surface area contributed by atoms with Gasteiger partial charge in [-0.05, 0) is 36.6 Å². The van der Waals surface area contributed by atoms with Crippen molar-refractivity contribution in [2.45, 2.75) is 24.3 Å². The molecule has 0 radical (unpaired) electrons. The predicted molar refractivity (Wildman–Crippen MR) is 74.3 cm³/mol. The van der Waals surface area contributed by atoms with Crippen molar-refractivity contribution in [2.24, 2.45) is 0 Å². The molecule has 0 unspecified atom stereocenters. The molecule has 8 heteroatoms. The lowest BCUT2D eigenvalue weighted by Crippen LogP contribution is -2.49. The van der Waals surface area contributed by atoms with Gasteiger partial charge in [-0.3, -0.25) is 9.59 Å². The standard InChI is InChI=1S/C14H14ClF3N2O2/c15-14(17,18)13(22)20-7-5-9(6-8-20)19-12(21)10-3-1-2-4-11(10)16/h1-4,9H,5-8H2,(H,19,21). The van der Waals surface area contributed by atoms with Crippen LogP contribution in [0.25, 0.3) is 0 Å². The second kappa shape index (κ2) is 6.56. The Morgan fingerprint density at radius 1 is 1.23 bits per heavy atom. The Kier molecular flexibility index (Phi) is 4.95. The van der Waals surface area contributed by atoms with Gasteiger partial charge in [-0.25, -0.2) is 4.39 Å². The van der Waals surface area contributed by atoms with Crippen molar-refractivity contribution in [3.05, 3.63) is 35.6 Å². The molecule has 0 aromatic heterocycles. The number of benzene rings is 1. The van der Waals surface area contributed by atoms with Gasteiger partial charge in [0.15, 0.2) is 0 Å². The molecule has 0 saturated carbocycles. The second-order valence-corrected chi connectivity index (χ2v) is 5.49. The highest BCUT2D eigenvalue weighted by molar-refractivity contribution is 6.32. The Morgan fingerprint density at radius 2 is 1.82 bits per heavy atom. The molecule has 0 bridgehead atoms. The summed E-state index contributed by atoms with van der Waals surface area (Å²) in [6.07, 6.45) is 0.609. The molecule has 0 atom stereocenters. The highest BCUT2D eigenvalue weighted by Crippen LogP contribution is 2.24. The van der Waals surface area contributed by atoms with Gasteiger partial charge in [0, 0.05) is 19.1 Å².